The van der Waals surface area contributed by atoms with Gasteiger partial charge in [-0.3, -0.25) is 0 Å². The minimum atomic E-state index is 0.378. The zero-order valence-corrected chi connectivity index (χ0v) is 12.6. The Morgan fingerprint density at radius 3 is 2.81 bits per heavy atom. The second-order valence-electron chi connectivity index (χ2n) is 5.29. The van der Waals surface area contributed by atoms with E-state index >= 15 is 0 Å². The predicted molar refractivity (Wildman–Crippen MR) is 72.2 cm³/mol. The SMILES string of the molecule is CCC(Br)c1nnc(C2CCCC2(C)C)s1. The van der Waals surface area contributed by atoms with E-state index in [1.807, 2.05) is 0 Å². The molecule has 2 nitrogen and oxygen atoms in total. The van der Waals surface area contributed by atoms with E-state index in [2.05, 4.69) is 46.9 Å². The van der Waals surface area contributed by atoms with Crippen LogP contribution in [0.4, 0.5) is 0 Å². The molecule has 1 aromatic heterocycles. The van der Waals surface area contributed by atoms with E-state index < -0.39 is 0 Å². The lowest BCUT2D eigenvalue weighted by Gasteiger charge is -2.24. The molecule has 0 amide bonds. The molecule has 1 saturated carbocycles. The van der Waals surface area contributed by atoms with Crippen LogP contribution in [-0.2, 0) is 0 Å². The van der Waals surface area contributed by atoms with Crippen molar-refractivity contribution in [2.45, 2.75) is 57.2 Å². The average molecular weight is 303 g/mol. The lowest BCUT2D eigenvalue weighted by Crippen LogP contribution is -2.15. The predicted octanol–water partition coefficient (Wildman–Crippen LogP) is 4.68. The second kappa shape index (κ2) is 4.73. The maximum absolute atomic E-state index is 4.40. The first-order valence-electron chi connectivity index (χ1n) is 6.02. The summed E-state index contributed by atoms with van der Waals surface area (Å²) in [5.41, 5.74) is 0.408. The Morgan fingerprint density at radius 1 is 1.50 bits per heavy atom. The summed E-state index contributed by atoms with van der Waals surface area (Å²) in [6.45, 7) is 6.88. The maximum atomic E-state index is 4.40. The lowest BCUT2D eigenvalue weighted by molar-refractivity contribution is 0.330. The van der Waals surface area contributed by atoms with Crippen molar-refractivity contribution in [2.75, 3.05) is 0 Å². The highest BCUT2D eigenvalue weighted by atomic mass is 79.9. The van der Waals surface area contributed by atoms with Gasteiger partial charge in [0.2, 0.25) is 0 Å². The minimum absolute atomic E-state index is 0.378. The van der Waals surface area contributed by atoms with E-state index in [-0.39, 0.29) is 0 Å². The molecule has 16 heavy (non-hydrogen) atoms. The molecule has 0 aromatic carbocycles. The van der Waals surface area contributed by atoms with Crippen LogP contribution in [0.3, 0.4) is 0 Å². The number of halogens is 1. The Bertz CT molecular complexity index is 362. The third-order valence-electron chi connectivity index (χ3n) is 3.64. The van der Waals surface area contributed by atoms with Gasteiger partial charge in [-0.25, -0.2) is 0 Å². The first-order valence-corrected chi connectivity index (χ1v) is 7.75. The number of hydrogen-bond acceptors (Lipinski definition) is 3. The van der Waals surface area contributed by atoms with Gasteiger partial charge in [-0.05, 0) is 24.7 Å². The van der Waals surface area contributed by atoms with Gasteiger partial charge >= 0.3 is 0 Å². The number of hydrogen-bond donors (Lipinski definition) is 0. The molecule has 0 radical (unpaired) electrons. The fourth-order valence-corrected chi connectivity index (χ4v) is 4.10. The van der Waals surface area contributed by atoms with Crippen molar-refractivity contribution in [3.63, 3.8) is 0 Å². The summed E-state index contributed by atoms with van der Waals surface area (Å²) in [6, 6.07) is 0. The minimum Gasteiger partial charge on any atom is -0.143 e. The number of nitrogens with zero attached hydrogens (tertiary/aromatic N) is 2. The van der Waals surface area contributed by atoms with Crippen LogP contribution in [0.1, 0.15) is 67.2 Å². The fraction of sp³-hybridized carbons (Fsp3) is 0.833. The Balaban J connectivity index is 2.19. The molecule has 1 aliphatic rings. The summed E-state index contributed by atoms with van der Waals surface area (Å²) < 4.78 is 0. The van der Waals surface area contributed by atoms with Gasteiger partial charge in [-0.1, -0.05) is 43.1 Å². The van der Waals surface area contributed by atoms with Crippen LogP contribution in [0.25, 0.3) is 0 Å². The van der Waals surface area contributed by atoms with Crippen LogP contribution in [0.5, 0.6) is 0 Å². The van der Waals surface area contributed by atoms with Crippen molar-refractivity contribution >= 4 is 27.3 Å². The average Bonchev–Trinajstić information content (AvgIpc) is 2.82. The van der Waals surface area contributed by atoms with Crippen molar-refractivity contribution in [3.8, 4) is 0 Å². The summed E-state index contributed by atoms with van der Waals surface area (Å²) >= 11 is 5.44. The van der Waals surface area contributed by atoms with Crippen LogP contribution in [0.15, 0.2) is 0 Å². The van der Waals surface area contributed by atoms with Gasteiger partial charge in [0.15, 0.2) is 0 Å². The van der Waals surface area contributed by atoms with Crippen LogP contribution in [0.2, 0.25) is 0 Å². The monoisotopic (exact) mass is 302 g/mol. The van der Waals surface area contributed by atoms with Gasteiger partial charge in [0.25, 0.3) is 0 Å². The number of alkyl halides is 1. The van der Waals surface area contributed by atoms with Gasteiger partial charge in [0.1, 0.15) is 10.0 Å². The Morgan fingerprint density at radius 2 is 2.25 bits per heavy atom. The van der Waals surface area contributed by atoms with Crippen molar-refractivity contribution < 1.29 is 0 Å². The number of rotatable bonds is 3. The summed E-state index contributed by atoms with van der Waals surface area (Å²) in [6.07, 6.45) is 5.00. The van der Waals surface area contributed by atoms with E-state index in [9.17, 15) is 0 Å². The largest absolute Gasteiger partial charge is 0.143 e. The first-order chi connectivity index (χ1) is 7.54. The van der Waals surface area contributed by atoms with Crippen LogP contribution in [0, 0.1) is 5.41 Å². The van der Waals surface area contributed by atoms with Gasteiger partial charge in [0, 0.05) is 5.92 Å². The Hall–Kier alpha value is 0.0400. The van der Waals surface area contributed by atoms with Gasteiger partial charge < -0.3 is 0 Å². The van der Waals surface area contributed by atoms with Crippen molar-refractivity contribution in [3.05, 3.63) is 10.0 Å². The van der Waals surface area contributed by atoms with Crippen molar-refractivity contribution in [2.24, 2.45) is 5.41 Å². The standard InChI is InChI=1S/C12H19BrN2S/c1-4-9(13)11-15-14-10(16-11)8-6-5-7-12(8,2)3/h8-9H,4-7H2,1-3H3. The van der Waals surface area contributed by atoms with Gasteiger partial charge in [-0.2, -0.15) is 0 Å². The Labute approximate surface area is 110 Å². The summed E-state index contributed by atoms with van der Waals surface area (Å²) in [5.74, 6) is 0.621. The van der Waals surface area contributed by atoms with Gasteiger partial charge in [0.05, 0.1) is 4.83 Å². The molecule has 1 aromatic rings. The first kappa shape index (κ1) is 12.5. The Kier molecular flexibility index (Phi) is 3.69. The van der Waals surface area contributed by atoms with Crippen LogP contribution >= 0.6 is 27.3 Å². The molecule has 90 valence electrons. The molecule has 1 fully saturated rings. The third-order valence-corrected chi connectivity index (χ3v) is 6.17. The molecule has 2 unspecified atom stereocenters. The highest BCUT2D eigenvalue weighted by Gasteiger charge is 2.37. The van der Waals surface area contributed by atoms with E-state index in [1.165, 1.54) is 24.3 Å². The molecular weight excluding hydrogens is 284 g/mol. The molecule has 2 rings (SSSR count). The van der Waals surface area contributed by atoms with Crippen molar-refractivity contribution in [1.82, 2.24) is 10.2 Å². The summed E-state index contributed by atoms with van der Waals surface area (Å²) in [4.78, 5) is 0.378. The number of aromatic nitrogens is 2. The normalized spacial score (nSPS) is 25.9. The molecule has 0 aliphatic heterocycles. The molecule has 1 heterocycles. The van der Waals surface area contributed by atoms with E-state index in [1.54, 1.807) is 11.3 Å². The third kappa shape index (κ3) is 2.33. The molecule has 4 heteroatoms. The molecular formula is C12H19BrN2S. The smallest absolute Gasteiger partial charge is 0.131 e. The second-order valence-corrected chi connectivity index (χ2v) is 7.43. The zero-order chi connectivity index (χ0) is 11.8. The quantitative estimate of drug-likeness (QED) is 0.758. The van der Waals surface area contributed by atoms with E-state index in [0.29, 0.717) is 16.2 Å². The van der Waals surface area contributed by atoms with E-state index in [0.717, 1.165) is 11.4 Å². The molecule has 0 spiro atoms. The highest BCUT2D eigenvalue weighted by Crippen LogP contribution is 2.49. The van der Waals surface area contributed by atoms with Crippen LogP contribution in [-0.4, -0.2) is 10.2 Å². The molecule has 0 N–H and O–H groups in total. The molecule has 1 aliphatic carbocycles. The maximum Gasteiger partial charge on any atom is 0.131 e. The fourth-order valence-electron chi connectivity index (χ4n) is 2.47. The van der Waals surface area contributed by atoms with Crippen molar-refractivity contribution in [1.29, 1.82) is 0 Å². The van der Waals surface area contributed by atoms with Crippen LogP contribution < -0.4 is 0 Å². The van der Waals surface area contributed by atoms with E-state index in [4.69, 9.17) is 0 Å². The zero-order valence-electron chi connectivity index (χ0n) is 10.2. The molecule has 2 atom stereocenters. The summed E-state index contributed by atoms with van der Waals surface area (Å²) in [7, 11) is 0. The summed E-state index contributed by atoms with van der Waals surface area (Å²) in [5, 5.41) is 11.1. The topological polar surface area (TPSA) is 25.8 Å². The molecule has 0 saturated heterocycles. The molecule has 0 bridgehead atoms. The highest BCUT2D eigenvalue weighted by molar-refractivity contribution is 9.09. The van der Waals surface area contributed by atoms with Gasteiger partial charge in [-0.15, -0.1) is 21.5 Å². The lowest BCUT2D eigenvalue weighted by atomic mass is 9.82.